The van der Waals surface area contributed by atoms with E-state index in [0.717, 1.165) is 16.8 Å². The van der Waals surface area contributed by atoms with E-state index in [1.54, 1.807) is 6.07 Å². The predicted octanol–water partition coefficient (Wildman–Crippen LogP) is 3.48. The maximum atomic E-state index is 12.6. The van der Waals surface area contributed by atoms with Crippen molar-refractivity contribution in [3.8, 4) is 0 Å². The molecule has 0 aliphatic heterocycles. The van der Waals surface area contributed by atoms with Gasteiger partial charge < -0.3 is 10.3 Å². The molecule has 2 N–H and O–H groups in total. The van der Waals surface area contributed by atoms with E-state index in [-0.39, 0.29) is 24.1 Å². The predicted molar refractivity (Wildman–Crippen MR) is 113 cm³/mol. The number of carbonyl (C=O) groups is 1. The van der Waals surface area contributed by atoms with Gasteiger partial charge >= 0.3 is 0 Å². The number of hydrogen-bond donors (Lipinski definition) is 2. The van der Waals surface area contributed by atoms with E-state index < -0.39 is 0 Å². The molecule has 2 aromatic carbocycles. The Morgan fingerprint density at radius 1 is 1.18 bits per heavy atom. The molecule has 6 heteroatoms. The lowest BCUT2D eigenvalue weighted by Crippen LogP contribution is -2.34. The number of carbonyl (C=O) groups excluding carboxylic acids is 1. The number of aromatic nitrogens is 2. The van der Waals surface area contributed by atoms with Gasteiger partial charge in [0, 0.05) is 5.69 Å². The number of hydrogen-bond acceptors (Lipinski definition) is 4. The molecule has 6 nitrogen and oxygen atoms in total. The molecule has 3 rings (SSSR count). The number of anilines is 1. The molecule has 3 aromatic rings. The molecule has 1 aromatic heterocycles. The lowest BCUT2D eigenvalue weighted by molar-refractivity contribution is -0.117. The van der Waals surface area contributed by atoms with E-state index >= 15 is 0 Å². The summed E-state index contributed by atoms with van der Waals surface area (Å²) in [6.45, 7) is 8.13. The molecule has 1 atom stereocenters. The lowest BCUT2D eigenvalue weighted by Gasteiger charge is -2.24. The molecular weight excluding hydrogens is 352 g/mol. The Kier molecular flexibility index (Phi) is 5.61. The molecule has 1 amide bonds. The second-order valence-corrected chi connectivity index (χ2v) is 7.38. The van der Waals surface area contributed by atoms with E-state index in [4.69, 9.17) is 0 Å². The fraction of sp³-hybridized carbons (Fsp3) is 0.318. The van der Waals surface area contributed by atoms with Gasteiger partial charge in [-0.25, -0.2) is 4.98 Å². The Morgan fingerprint density at radius 2 is 1.82 bits per heavy atom. The highest BCUT2D eigenvalue weighted by Gasteiger charge is 2.19. The van der Waals surface area contributed by atoms with Crippen LogP contribution in [0.25, 0.3) is 10.9 Å². The van der Waals surface area contributed by atoms with Crippen molar-refractivity contribution in [3.05, 3.63) is 69.3 Å². The first-order chi connectivity index (χ1) is 13.3. The van der Waals surface area contributed by atoms with Crippen molar-refractivity contribution >= 4 is 22.5 Å². The smallest absolute Gasteiger partial charge is 0.258 e. The van der Waals surface area contributed by atoms with Crippen LogP contribution >= 0.6 is 0 Å². The summed E-state index contributed by atoms with van der Waals surface area (Å²) in [4.78, 5) is 34.1. The molecule has 28 heavy (non-hydrogen) atoms. The maximum Gasteiger partial charge on any atom is 0.258 e. The SMILES string of the molecule is Cc1cc(C)c(NC(=O)CN(C)[C@@H](C)c2nc3ccccc3c(=O)[nH]2)c(C)c1. The summed E-state index contributed by atoms with van der Waals surface area (Å²) in [5, 5.41) is 3.57. The number of fused-ring (bicyclic) bond motifs is 1. The first kappa shape index (κ1) is 19.8. The maximum absolute atomic E-state index is 12.6. The van der Waals surface area contributed by atoms with E-state index in [9.17, 15) is 9.59 Å². The molecular formula is C22H26N4O2. The third kappa shape index (κ3) is 4.12. The van der Waals surface area contributed by atoms with Crippen LogP contribution < -0.4 is 10.9 Å². The zero-order valence-electron chi connectivity index (χ0n) is 17.0. The lowest BCUT2D eigenvalue weighted by atomic mass is 10.1. The van der Waals surface area contributed by atoms with Crippen LogP contribution in [-0.4, -0.2) is 34.4 Å². The van der Waals surface area contributed by atoms with Crippen LogP contribution in [0.1, 0.15) is 35.5 Å². The molecule has 0 saturated heterocycles. The van der Waals surface area contributed by atoms with Gasteiger partial charge in [0.2, 0.25) is 5.91 Å². The second-order valence-electron chi connectivity index (χ2n) is 7.38. The number of aryl methyl sites for hydroxylation is 3. The van der Waals surface area contributed by atoms with Crippen LogP contribution in [0, 0.1) is 20.8 Å². The number of amides is 1. The van der Waals surface area contributed by atoms with Crippen molar-refractivity contribution < 1.29 is 4.79 Å². The number of H-pyrrole nitrogens is 1. The van der Waals surface area contributed by atoms with Crippen molar-refractivity contribution in [3.63, 3.8) is 0 Å². The molecule has 1 heterocycles. The van der Waals surface area contributed by atoms with Crippen LogP contribution in [0.4, 0.5) is 5.69 Å². The summed E-state index contributed by atoms with van der Waals surface area (Å²) in [7, 11) is 1.84. The molecule has 0 bridgehead atoms. The first-order valence-corrected chi connectivity index (χ1v) is 9.33. The monoisotopic (exact) mass is 378 g/mol. The van der Waals surface area contributed by atoms with Gasteiger partial charge in [-0.15, -0.1) is 0 Å². The van der Waals surface area contributed by atoms with Gasteiger partial charge in [-0.3, -0.25) is 14.5 Å². The van der Waals surface area contributed by atoms with E-state index in [2.05, 4.69) is 27.4 Å². The fourth-order valence-electron chi connectivity index (χ4n) is 3.43. The third-order valence-electron chi connectivity index (χ3n) is 5.02. The fourth-order valence-corrected chi connectivity index (χ4v) is 3.43. The Hall–Kier alpha value is -2.99. The third-order valence-corrected chi connectivity index (χ3v) is 5.02. The summed E-state index contributed by atoms with van der Waals surface area (Å²) >= 11 is 0. The van der Waals surface area contributed by atoms with Gasteiger partial charge in [0.25, 0.3) is 5.56 Å². The number of nitrogens with one attached hydrogen (secondary N) is 2. The normalized spacial score (nSPS) is 12.4. The van der Waals surface area contributed by atoms with Crippen molar-refractivity contribution in [2.45, 2.75) is 33.7 Å². The average Bonchev–Trinajstić information content (AvgIpc) is 2.64. The number of aromatic amines is 1. The highest BCUT2D eigenvalue weighted by molar-refractivity contribution is 5.93. The first-order valence-electron chi connectivity index (χ1n) is 9.33. The number of rotatable bonds is 5. The van der Waals surface area contributed by atoms with Crippen molar-refractivity contribution in [1.82, 2.24) is 14.9 Å². The summed E-state index contributed by atoms with van der Waals surface area (Å²) in [6, 6.07) is 11.1. The molecule has 0 aliphatic carbocycles. The number of likely N-dealkylation sites (N-methyl/N-ethyl adjacent to an activating group) is 1. The van der Waals surface area contributed by atoms with E-state index in [1.807, 2.05) is 57.8 Å². The van der Waals surface area contributed by atoms with Gasteiger partial charge in [0.05, 0.1) is 23.5 Å². The number of para-hydroxylation sites is 1. The summed E-state index contributed by atoms with van der Waals surface area (Å²) < 4.78 is 0. The van der Waals surface area contributed by atoms with E-state index in [0.29, 0.717) is 16.7 Å². The Balaban J connectivity index is 1.75. The van der Waals surface area contributed by atoms with Gasteiger partial charge in [0.1, 0.15) is 5.82 Å². The molecule has 0 spiro atoms. The zero-order valence-corrected chi connectivity index (χ0v) is 17.0. The Labute approximate surface area is 164 Å². The topological polar surface area (TPSA) is 78.1 Å². The highest BCUT2D eigenvalue weighted by atomic mass is 16.2. The number of nitrogens with zero attached hydrogens (tertiary/aromatic N) is 2. The molecule has 0 saturated carbocycles. The van der Waals surface area contributed by atoms with Crippen LogP contribution in [0.15, 0.2) is 41.2 Å². The summed E-state index contributed by atoms with van der Waals surface area (Å²) in [5.74, 6) is 0.439. The zero-order chi connectivity index (χ0) is 20.4. The standard InChI is InChI=1S/C22H26N4O2/c1-13-10-14(2)20(15(3)11-13)24-19(27)12-26(5)16(4)21-23-18-9-7-6-8-17(18)22(28)25-21/h6-11,16H,12H2,1-5H3,(H,24,27)(H,23,25,28)/t16-/m0/s1. The quantitative estimate of drug-likeness (QED) is 0.712. The van der Waals surface area contributed by atoms with Crippen LogP contribution in [0.3, 0.4) is 0 Å². The minimum absolute atomic E-state index is 0.104. The Morgan fingerprint density at radius 3 is 2.50 bits per heavy atom. The van der Waals surface area contributed by atoms with Gasteiger partial charge in [0.15, 0.2) is 0 Å². The van der Waals surface area contributed by atoms with Gasteiger partial charge in [-0.1, -0.05) is 29.8 Å². The minimum atomic E-state index is -0.219. The summed E-state index contributed by atoms with van der Waals surface area (Å²) in [6.07, 6.45) is 0. The second kappa shape index (κ2) is 7.94. The van der Waals surface area contributed by atoms with Crippen LogP contribution in [0.5, 0.6) is 0 Å². The van der Waals surface area contributed by atoms with Gasteiger partial charge in [-0.2, -0.15) is 0 Å². The van der Waals surface area contributed by atoms with Crippen LogP contribution in [0.2, 0.25) is 0 Å². The molecule has 146 valence electrons. The molecule has 0 unspecified atom stereocenters. The van der Waals surface area contributed by atoms with Crippen molar-refractivity contribution in [2.24, 2.45) is 0 Å². The summed E-state index contributed by atoms with van der Waals surface area (Å²) in [5.41, 5.74) is 4.59. The average molecular weight is 378 g/mol. The van der Waals surface area contributed by atoms with Crippen molar-refractivity contribution in [1.29, 1.82) is 0 Å². The van der Waals surface area contributed by atoms with Crippen LogP contribution in [-0.2, 0) is 4.79 Å². The molecule has 0 radical (unpaired) electrons. The van der Waals surface area contributed by atoms with E-state index in [1.165, 1.54) is 5.56 Å². The number of benzene rings is 2. The largest absolute Gasteiger partial charge is 0.324 e. The van der Waals surface area contributed by atoms with Gasteiger partial charge in [-0.05, 0) is 58.0 Å². The van der Waals surface area contributed by atoms with Crippen molar-refractivity contribution in [2.75, 3.05) is 18.9 Å². The Bertz CT molecular complexity index is 1060. The highest BCUT2D eigenvalue weighted by Crippen LogP contribution is 2.22. The molecule has 0 aliphatic rings. The minimum Gasteiger partial charge on any atom is -0.324 e. The molecule has 0 fully saturated rings.